The fourth-order valence-electron chi connectivity index (χ4n) is 2.89. The van der Waals surface area contributed by atoms with Gasteiger partial charge in [-0.25, -0.2) is 9.18 Å². The van der Waals surface area contributed by atoms with Crippen molar-refractivity contribution in [1.29, 1.82) is 0 Å². The summed E-state index contributed by atoms with van der Waals surface area (Å²) in [5, 5.41) is 11.8. The maximum absolute atomic E-state index is 13.5. The SMILES string of the molecule is O=C(O)C1CCN(C(=O)NC2COc3cc(F)c(Br)cc32)CC1. The van der Waals surface area contributed by atoms with Gasteiger partial charge in [-0.1, -0.05) is 0 Å². The van der Waals surface area contributed by atoms with Crippen LogP contribution in [0, 0.1) is 11.7 Å². The molecule has 0 aliphatic carbocycles. The minimum Gasteiger partial charge on any atom is -0.491 e. The molecular weight excluding hydrogens is 371 g/mol. The fourth-order valence-corrected chi connectivity index (χ4v) is 3.25. The maximum atomic E-state index is 13.5. The number of benzene rings is 1. The molecule has 0 saturated carbocycles. The Morgan fingerprint density at radius 3 is 2.70 bits per heavy atom. The molecule has 124 valence electrons. The van der Waals surface area contributed by atoms with Gasteiger partial charge in [0.1, 0.15) is 18.2 Å². The molecule has 1 atom stereocenters. The standard InChI is InChI=1S/C15H16BrFN2O4/c16-10-5-9-12(7-23-13(9)6-11(10)17)18-15(22)19-3-1-8(2-4-19)14(20)21/h5-6,8,12H,1-4,7H2,(H,18,22)(H,20,21). The van der Waals surface area contributed by atoms with Gasteiger partial charge in [-0.3, -0.25) is 4.79 Å². The topological polar surface area (TPSA) is 78.9 Å². The lowest BCUT2D eigenvalue weighted by Gasteiger charge is -2.31. The molecule has 2 amide bonds. The van der Waals surface area contributed by atoms with Gasteiger partial charge in [-0.2, -0.15) is 0 Å². The van der Waals surface area contributed by atoms with E-state index in [2.05, 4.69) is 21.2 Å². The summed E-state index contributed by atoms with van der Waals surface area (Å²) < 4.78 is 19.2. The summed E-state index contributed by atoms with van der Waals surface area (Å²) in [7, 11) is 0. The van der Waals surface area contributed by atoms with E-state index in [1.54, 1.807) is 11.0 Å². The van der Waals surface area contributed by atoms with E-state index < -0.39 is 11.8 Å². The Bertz CT molecular complexity index is 647. The molecule has 3 rings (SSSR count). The number of piperidine rings is 1. The number of aliphatic carboxylic acids is 1. The average molecular weight is 387 g/mol. The molecular formula is C15H16BrFN2O4. The monoisotopic (exact) mass is 386 g/mol. The summed E-state index contributed by atoms with van der Waals surface area (Å²) >= 11 is 3.13. The van der Waals surface area contributed by atoms with Gasteiger partial charge in [0.2, 0.25) is 0 Å². The Balaban J connectivity index is 1.62. The number of carboxylic acids is 1. The number of likely N-dealkylation sites (tertiary alicyclic amines) is 1. The molecule has 1 fully saturated rings. The zero-order chi connectivity index (χ0) is 16.6. The van der Waals surface area contributed by atoms with Gasteiger partial charge in [0, 0.05) is 24.7 Å². The molecule has 1 saturated heterocycles. The first-order valence-electron chi connectivity index (χ1n) is 7.35. The van der Waals surface area contributed by atoms with Crippen LogP contribution in [0.4, 0.5) is 9.18 Å². The molecule has 1 aromatic rings. The van der Waals surface area contributed by atoms with E-state index in [1.807, 2.05) is 0 Å². The van der Waals surface area contributed by atoms with Crippen molar-refractivity contribution in [1.82, 2.24) is 10.2 Å². The molecule has 0 bridgehead atoms. The maximum Gasteiger partial charge on any atom is 0.318 e. The van der Waals surface area contributed by atoms with Gasteiger partial charge in [0.05, 0.1) is 16.4 Å². The minimum absolute atomic E-state index is 0.253. The summed E-state index contributed by atoms with van der Waals surface area (Å²) in [6.45, 7) is 1.08. The highest BCUT2D eigenvalue weighted by Crippen LogP contribution is 2.36. The number of fused-ring (bicyclic) bond motifs is 1. The van der Waals surface area contributed by atoms with Gasteiger partial charge in [0.15, 0.2) is 0 Å². The molecule has 2 aliphatic heterocycles. The van der Waals surface area contributed by atoms with E-state index in [1.165, 1.54) is 6.07 Å². The van der Waals surface area contributed by atoms with Crippen LogP contribution in [0.2, 0.25) is 0 Å². The minimum atomic E-state index is -0.810. The highest BCUT2D eigenvalue weighted by molar-refractivity contribution is 9.10. The van der Waals surface area contributed by atoms with Crippen molar-refractivity contribution < 1.29 is 23.8 Å². The Morgan fingerprint density at radius 2 is 2.04 bits per heavy atom. The Hall–Kier alpha value is -1.83. The van der Waals surface area contributed by atoms with Gasteiger partial charge in [-0.15, -0.1) is 0 Å². The van der Waals surface area contributed by atoms with Crippen molar-refractivity contribution in [3.05, 3.63) is 28.0 Å². The van der Waals surface area contributed by atoms with E-state index >= 15 is 0 Å². The molecule has 1 unspecified atom stereocenters. The number of rotatable bonds is 2. The van der Waals surface area contributed by atoms with Crippen molar-refractivity contribution in [2.45, 2.75) is 18.9 Å². The van der Waals surface area contributed by atoms with E-state index in [-0.39, 0.29) is 24.6 Å². The molecule has 1 aromatic carbocycles. The number of carbonyl (C=O) groups is 2. The summed E-state index contributed by atoms with van der Waals surface area (Å²) in [5.41, 5.74) is 0.729. The quantitative estimate of drug-likeness (QED) is 0.818. The molecule has 2 N–H and O–H groups in total. The first-order valence-corrected chi connectivity index (χ1v) is 8.15. The Kier molecular flexibility index (Phi) is 4.43. The van der Waals surface area contributed by atoms with Crippen LogP contribution >= 0.6 is 15.9 Å². The van der Waals surface area contributed by atoms with Crippen LogP contribution in [-0.2, 0) is 4.79 Å². The third-order valence-electron chi connectivity index (χ3n) is 4.26. The molecule has 2 heterocycles. The number of carboxylic acid groups (broad SMARTS) is 1. The van der Waals surface area contributed by atoms with Crippen molar-refractivity contribution >= 4 is 27.9 Å². The Labute approximate surface area is 140 Å². The average Bonchev–Trinajstić information content (AvgIpc) is 2.90. The number of carbonyl (C=O) groups excluding carboxylic acids is 1. The molecule has 8 heteroatoms. The normalized spacial score (nSPS) is 20.8. The van der Waals surface area contributed by atoms with Crippen molar-refractivity contribution in [2.24, 2.45) is 5.92 Å². The number of urea groups is 1. The van der Waals surface area contributed by atoms with Crippen LogP contribution in [0.25, 0.3) is 0 Å². The van der Waals surface area contributed by atoms with Crippen LogP contribution in [0.1, 0.15) is 24.4 Å². The second-order valence-electron chi connectivity index (χ2n) is 5.72. The highest BCUT2D eigenvalue weighted by Gasteiger charge is 2.31. The predicted octanol–water partition coefficient (Wildman–Crippen LogP) is 2.53. The van der Waals surface area contributed by atoms with Crippen LogP contribution < -0.4 is 10.1 Å². The van der Waals surface area contributed by atoms with Gasteiger partial charge >= 0.3 is 12.0 Å². The summed E-state index contributed by atoms with van der Waals surface area (Å²) in [6.07, 6.45) is 0.911. The lowest BCUT2D eigenvalue weighted by atomic mass is 9.97. The summed E-state index contributed by atoms with van der Waals surface area (Å²) in [6, 6.07) is 2.31. The fraction of sp³-hybridized carbons (Fsp3) is 0.467. The third kappa shape index (κ3) is 3.26. The van der Waals surface area contributed by atoms with Gasteiger partial charge in [-0.05, 0) is 34.8 Å². The first kappa shape index (κ1) is 16.0. The molecule has 2 aliphatic rings. The molecule has 0 spiro atoms. The van der Waals surface area contributed by atoms with Crippen molar-refractivity contribution in [3.8, 4) is 5.75 Å². The second-order valence-corrected chi connectivity index (χ2v) is 6.57. The number of hydrogen-bond acceptors (Lipinski definition) is 3. The lowest BCUT2D eigenvalue weighted by molar-refractivity contribution is -0.143. The Morgan fingerprint density at radius 1 is 1.35 bits per heavy atom. The van der Waals surface area contributed by atoms with E-state index in [0.717, 1.165) is 5.56 Å². The number of hydrogen-bond donors (Lipinski definition) is 2. The number of nitrogens with one attached hydrogen (secondary N) is 1. The van der Waals surface area contributed by atoms with Crippen LogP contribution in [0.15, 0.2) is 16.6 Å². The van der Waals surface area contributed by atoms with Crippen LogP contribution in [0.3, 0.4) is 0 Å². The number of nitrogens with zero attached hydrogens (tertiary/aromatic N) is 1. The van der Waals surface area contributed by atoms with Crippen LogP contribution in [-0.4, -0.2) is 41.7 Å². The van der Waals surface area contributed by atoms with Crippen molar-refractivity contribution in [2.75, 3.05) is 19.7 Å². The second kappa shape index (κ2) is 6.35. The summed E-state index contributed by atoms with van der Waals surface area (Å²) in [5.74, 6) is -1.17. The zero-order valence-electron chi connectivity index (χ0n) is 12.2. The predicted molar refractivity (Wildman–Crippen MR) is 82.8 cm³/mol. The van der Waals surface area contributed by atoms with Gasteiger partial charge in [0.25, 0.3) is 0 Å². The van der Waals surface area contributed by atoms with Gasteiger partial charge < -0.3 is 20.1 Å². The van der Waals surface area contributed by atoms with Crippen molar-refractivity contribution in [3.63, 3.8) is 0 Å². The highest BCUT2D eigenvalue weighted by atomic mass is 79.9. The molecule has 0 radical (unpaired) electrons. The van der Waals surface area contributed by atoms with E-state index in [9.17, 15) is 14.0 Å². The number of halogens is 2. The molecule has 23 heavy (non-hydrogen) atoms. The smallest absolute Gasteiger partial charge is 0.318 e. The third-order valence-corrected chi connectivity index (χ3v) is 4.87. The molecule has 0 aromatic heterocycles. The van der Waals surface area contributed by atoms with E-state index in [4.69, 9.17) is 9.84 Å². The lowest BCUT2D eigenvalue weighted by Crippen LogP contribution is -2.46. The number of ether oxygens (including phenoxy) is 1. The largest absolute Gasteiger partial charge is 0.491 e. The van der Waals surface area contributed by atoms with Crippen LogP contribution in [0.5, 0.6) is 5.75 Å². The molecule has 6 nitrogen and oxygen atoms in total. The van der Waals surface area contributed by atoms with E-state index in [0.29, 0.717) is 36.2 Å². The first-order chi connectivity index (χ1) is 11.0. The number of amides is 2. The summed E-state index contributed by atoms with van der Waals surface area (Å²) in [4.78, 5) is 24.9. The zero-order valence-corrected chi connectivity index (χ0v) is 13.8.